The zero-order valence-corrected chi connectivity index (χ0v) is 7.09. The molecule has 0 amide bonds. The van der Waals surface area contributed by atoms with Gasteiger partial charge in [0.2, 0.25) is 0 Å². The molecule has 1 aliphatic heterocycles. The Kier molecular flexibility index (Phi) is 1.37. The molecule has 2 heteroatoms. The molecule has 1 saturated heterocycles. The van der Waals surface area contributed by atoms with Gasteiger partial charge in [-0.2, -0.15) is 0 Å². The molecule has 1 heterocycles. The van der Waals surface area contributed by atoms with Gasteiger partial charge in [-0.1, -0.05) is 13.8 Å². The maximum atomic E-state index is 11.4. The molecule has 1 aliphatic carbocycles. The van der Waals surface area contributed by atoms with Gasteiger partial charge in [0.25, 0.3) is 0 Å². The van der Waals surface area contributed by atoms with Crippen molar-refractivity contribution in [1.82, 2.24) is 0 Å². The summed E-state index contributed by atoms with van der Waals surface area (Å²) in [4.78, 5) is 11.4. The van der Waals surface area contributed by atoms with Gasteiger partial charge in [0.05, 0.1) is 11.5 Å². The molecule has 2 rings (SSSR count). The lowest BCUT2D eigenvalue weighted by molar-refractivity contribution is -0.184. The van der Waals surface area contributed by atoms with Crippen molar-refractivity contribution in [2.24, 2.45) is 11.3 Å². The molecule has 11 heavy (non-hydrogen) atoms. The summed E-state index contributed by atoms with van der Waals surface area (Å²) >= 11 is 0. The number of carbonyl (C=O) groups excluding carboxylic acids is 1. The van der Waals surface area contributed by atoms with Crippen LogP contribution in [0.2, 0.25) is 0 Å². The first-order valence-electron chi connectivity index (χ1n) is 4.30. The fourth-order valence-electron chi connectivity index (χ4n) is 2.28. The molecule has 0 N–H and O–H groups in total. The van der Waals surface area contributed by atoms with Crippen LogP contribution in [0.3, 0.4) is 0 Å². The standard InChI is InChI=1S/C9H14O2/c1-9(2)7(10)6-4-3-5-11-8(6)9/h6,8H,3-5H2,1-2H3/t6-,8-/m0/s1. The van der Waals surface area contributed by atoms with E-state index in [1.54, 1.807) is 0 Å². The summed E-state index contributed by atoms with van der Waals surface area (Å²) in [5, 5.41) is 0. The van der Waals surface area contributed by atoms with Crippen LogP contribution in [-0.4, -0.2) is 18.5 Å². The Morgan fingerprint density at radius 3 is 2.91 bits per heavy atom. The Labute approximate surface area is 66.9 Å². The number of Topliss-reactive ketones (excluding diaryl/α,β-unsaturated/α-hetero) is 1. The highest BCUT2D eigenvalue weighted by atomic mass is 16.5. The lowest BCUT2D eigenvalue weighted by Crippen LogP contribution is -2.61. The number of fused-ring (bicyclic) bond motifs is 1. The quantitative estimate of drug-likeness (QED) is 0.527. The molecule has 1 saturated carbocycles. The van der Waals surface area contributed by atoms with Gasteiger partial charge >= 0.3 is 0 Å². The van der Waals surface area contributed by atoms with Crippen molar-refractivity contribution < 1.29 is 9.53 Å². The average molecular weight is 154 g/mol. The zero-order valence-electron chi connectivity index (χ0n) is 7.09. The van der Waals surface area contributed by atoms with E-state index in [4.69, 9.17) is 4.74 Å². The lowest BCUT2D eigenvalue weighted by Gasteiger charge is -2.51. The van der Waals surface area contributed by atoms with Crippen molar-refractivity contribution in [2.45, 2.75) is 32.8 Å². The Morgan fingerprint density at radius 2 is 2.27 bits per heavy atom. The van der Waals surface area contributed by atoms with Gasteiger partial charge < -0.3 is 4.74 Å². The van der Waals surface area contributed by atoms with E-state index in [1.165, 1.54) is 0 Å². The van der Waals surface area contributed by atoms with Crippen LogP contribution in [0.4, 0.5) is 0 Å². The van der Waals surface area contributed by atoms with Gasteiger partial charge in [-0.15, -0.1) is 0 Å². The summed E-state index contributed by atoms with van der Waals surface area (Å²) in [5.74, 6) is 0.640. The normalized spacial score (nSPS) is 41.1. The molecule has 0 unspecified atom stereocenters. The maximum Gasteiger partial charge on any atom is 0.146 e. The average Bonchev–Trinajstić information content (AvgIpc) is 2.04. The van der Waals surface area contributed by atoms with E-state index >= 15 is 0 Å². The summed E-state index contributed by atoms with van der Waals surface area (Å²) in [5.41, 5.74) is -0.189. The highest BCUT2D eigenvalue weighted by Crippen LogP contribution is 2.47. The van der Waals surface area contributed by atoms with Crippen molar-refractivity contribution in [3.8, 4) is 0 Å². The van der Waals surface area contributed by atoms with Crippen molar-refractivity contribution in [3.05, 3.63) is 0 Å². The molecule has 2 aliphatic rings. The van der Waals surface area contributed by atoms with E-state index in [1.807, 2.05) is 13.8 Å². The van der Waals surface area contributed by atoms with Crippen LogP contribution in [0.1, 0.15) is 26.7 Å². The topological polar surface area (TPSA) is 26.3 Å². The van der Waals surface area contributed by atoms with Crippen LogP contribution < -0.4 is 0 Å². The smallest absolute Gasteiger partial charge is 0.146 e. The van der Waals surface area contributed by atoms with Crippen LogP contribution in [0, 0.1) is 11.3 Å². The van der Waals surface area contributed by atoms with Gasteiger partial charge in [0, 0.05) is 12.5 Å². The Hall–Kier alpha value is -0.370. The van der Waals surface area contributed by atoms with E-state index < -0.39 is 0 Å². The molecule has 0 aromatic rings. The SMILES string of the molecule is CC1(C)C(=O)[C@@H]2CCCO[C@@H]21. The van der Waals surface area contributed by atoms with Crippen LogP contribution in [0.15, 0.2) is 0 Å². The Morgan fingerprint density at radius 1 is 1.55 bits per heavy atom. The molecule has 2 nitrogen and oxygen atoms in total. The van der Waals surface area contributed by atoms with E-state index in [9.17, 15) is 4.79 Å². The molecule has 0 bridgehead atoms. The van der Waals surface area contributed by atoms with Crippen molar-refractivity contribution in [3.63, 3.8) is 0 Å². The fraction of sp³-hybridized carbons (Fsp3) is 0.889. The summed E-state index contributed by atoms with van der Waals surface area (Å²) in [7, 11) is 0. The molecule has 62 valence electrons. The van der Waals surface area contributed by atoms with Crippen molar-refractivity contribution in [2.75, 3.05) is 6.61 Å². The molecule has 0 radical (unpaired) electrons. The number of hydrogen-bond donors (Lipinski definition) is 0. The third kappa shape index (κ3) is 0.791. The minimum absolute atomic E-state index is 0.189. The number of rotatable bonds is 0. The third-order valence-corrected chi connectivity index (χ3v) is 3.01. The molecule has 0 spiro atoms. The van der Waals surface area contributed by atoms with Crippen molar-refractivity contribution >= 4 is 5.78 Å². The largest absolute Gasteiger partial charge is 0.376 e. The van der Waals surface area contributed by atoms with Crippen molar-refractivity contribution in [1.29, 1.82) is 0 Å². The summed E-state index contributed by atoms with van der Waals surface area (Å²) in [6.45, 7) is 4.82. The molecule has 0 aromatic carbocycles. The second-order valence-corrected chi connectivity index (χ2v) is 4.13. The van der Waals surface area contributed by atoms with Gasteiger partial charge in [-0.05, 0) is 12.8 Å². The second-order valence-electron chi connectivity index (χ2n) is 4.13. The van der Waals surface area contributed by atoms with Crippen LogP contribution in [0.25, 0.3) is 0 Å². The number of ketones is 1. The van der Waals surface area contributed by atoms with Crippen LogP contribution in [0.5, 0.6) is 0 Å². The number of hydrogen-bond acceptors (Lipinski definition) is 2. The first-order chi connectivity index (χ1) is 5.14. The minimum Gasteiger partial charge on any atom is -0.376 e. The van der Waals surface area contributed by atoms with Gasteiger partial charge in [-0.3, -0.25) is 4.79 Å². The van der Waals surface area contributed by atoms with Gasteiger partial charge in [-0.25, -0.2) is 0 Å². The highest BCUT2D eigenvalue weighted by molar-refractivity contribution is 5.94. The second kappa shape index (κ2) is 2.07. The molecular weight excluding hydrogens is 140 g/mol. The van der Waals surface area contributed by atoms with Crippen LogP contribution in [-0.2, 0) is 9.53 Å². The van der Waals surface area contributed by atoms with E-state index in [2.05, 4.69) is 0 Å². The van der Waals surface area contributed by atoms with Gasteiger partial charge in [0.1, 0.15) is 5.78 Å². The first kappa shape index (κ1) is 7.29. The van der Waals surface area contributed by atoms with Crippen LogP contribution >= 0.6 is 0 Å². The Bertz CT molecular complexity index is 196. The number of carbonyl (C=O) groups is 1. The maximum absolute atomic E-state index is 11.4. The molecule has 2 fully saturated rings. The van der Waals surface area contributed by atoms with Gasteiger partial charge in [0.15, 0.2) is 0 Å². The van der Waals surface area contributed by atoms with E-state index in [0.717, 1.165) is 19.4 Å². The molecule has 0 aromatic heterocycles. The minimum atomic E-state index is -0.189. The Balaban J connectivity index is 2.15. The predicted octanol–water partition coefficient (Wildman–Crippen LogP) is 1.39. The molecular formula is C9H14O2. The first-order valence-corrected chi connectivity index (χ1v) is 4.30. The lowest BCUT2D eigenvalue weighted by atomic mass is 9.58. The third-order valence-electron chi connectivity index (χ3n) is 3.01. The fourth-order valence-corrected chi connectivity index (χ4v) is 2.28. The van der Waals surface area contributed by atoms with E-state index in [0.29, 0.717) is 5.78 Å². The summed E-state index contributed by atoms with van der Waals surface area (Å²) in [6, 6.07) is 0. The zero-order chi connectivity index (χ0) is 8.06. The monoisotopic (exact) mass is 154 g/mol. The highest BCUT2D eigenvalue weighted by Gasteiger charge is 2.57. The number of ether oxygens (including phenoxy) is 1. The predicted molar refractivity (Wildman–Crippen MR) is 41.3 cm³/mol. The molecule has 2 atom stereocenters. The summed E-state index contributed by atoms with van der Waals surface area (Å²) in [6.07, 6.45) is 2.33. The van der Waals surface area contributed by atoms with E-state index in [-0.39, 0.29) is 17.4 Å². The summed E-state index contributed by atoms with van der Waals surface area (Å²) < 4.78 is 5.54.